The van der Waals surface area contributed by atoms with Gasteiger partial charge in [-0.1, -0.05) is 42.8 Å². The molecule has 4 aliphatic rings. The lowest BCUT2D eigenvalue weighted by atomic mass is 10.00. The number of imide groups is 1. The van der Waals surface area contributed by atoms with Gasteiger partial charge in [0.15, 0.2) is 5.82 Å². The zero-order valence-electron chi connectivity index (χ0n) is 35.7. The number of nitrogens with zero attached hydrogens (tertiary/aromatic N) is 5. The van der Waals surface area contributed by atoms with Crippen molar-refractivity contribution in [3.8, 4) is 23.0 Å². The highest BCUT2D eigenvalue weighted by molar-refractivity contribution is 7.92. The molecule has 17 heteroatoms. The van der Waals surface area contributed by atoms with E-state index < -0.39 is 13.2 Å². The maximum atomic E-state index is 13.0. The van der Waals surface area contributed by atoms with Crippen LogP contribution in [-0.2, 0) is 40.2 Å². The van der Waals surface area contributed by atoms with Crippen molar-refractivity contribution in [1.82, 2.24) is 24.5 Å². The van der Waals surface area contributed by atoms with Crippen LogP contribution in [-0.4, -0.2) is 76.6 Å². The number of benzene rings is 4. The molecule has 1 atom stereocenters. The van der Waals surface area contributed by atoms with Gasteiger partial charge in [0.1, 0.15) is 53.4 Å². The minimum absolute atomic E-state index is 0.241. The molecule has 14 nitrogen and oxygen atoms in total. The minimum atomic E-state index is -2.56. The zero-order chi connectivity index (χ0) is 43.8. The van der Waals surface area contributed by atoms with Gasteiger partial charge < -0.3 is 33.8 Å². The predicted octanol–water partition coefficient (Wildman–Crippen LogP) is 8.78. The second kappa shape index (κ2) is 18.1. The van der Waals surface area contributed by atoms with Gasteiger partial charge in [-0.15, -0.1) is 0 Å². The van der Waals surface area contributed by atoms with Crippen molar-refractivity contribution in [2.24, 2.45) is 0 Å². The van der Waals surface area contributed by atoms with Gasteiger partial charge in [-0.05, 0) is 98.2 Å². The molecule has 328 valence electrons. The van der Waals surface area contributed by atoms with E-state index in [1.165, 1.54) is 16.7 Å². The lowest BCUT2D eigenvalue weighted by molar-refractivity contribution is -0.136. The van der Waals surface area contributed by atoms with Crippen LogP contribution in [0.4, 0.5) is 28.8 Å². The number of nitrogens with one attached hydrogen (secondary N) is 3. The van der Waals surface area contributed by atoms with Gasteiger partial charge >= 0.3 is 0 Å². The smallest absolute Gasteiger partial charge is 0.244 e. The zero-order valence-corrected chi connectivity index (χ0v) is 38.1. The maximum absolute atomic E-state index is 13.0. The van der Waals surface area contributed by atoms with Gasteiger partial charge in [-0.2, -0.15) is 9.29 Å². The highest BCUT2D eigenvalue weighted by Crippen LogP contribution is 2.43. The van der Waals surface area contributed by atoms with E-state index in [0.717, 1.165) is 85.7 Å². The van der Waals surface area contributed by atoms with Crippen molar-refractivity contribution in [1.29, 1.82) is 0 Å². The summed E-state index contributed by atoms with van der Waals surface area (Å²) in [6, 6.07) is 23.8. The molecule has 0 radical (unpaired) electrons. The summed E-state index contributed by atoms with van der Waals surface area (Å²) in [5, 5.41) is 10.1. The van der Waals surface area contributed by atoms with Crippen molar-refractivity contribution in [2.75, 3.05) is 49.1 Å². The Kier molecular flexibility index (Phi) is 12.3. The number of carbonyl (C=O) groups excluding carboxylic acids is 2. The number of aryl methyl sites for hydroxylation is 1. The van der Waals surface area contributed by atoms with Crippen molar-refractivity contribution in [2.45, 2.75) is 70.7 Å². The second-order valence-corrected chi connectivity index (χ2v) is 21.0. The van der Waals surface area contributed by atoms with Crippen LogP contribution in [0.3, 0.4) is 0 Å². The number of halogens is 1. The van der Waals surface area contributed by atoms with Crippen LogP contribution in [0.1, 0.15) is 54.9 Å². The Morgan fingerprint density at radius 1 is 0.937 bits per heavy atom. The summed E-state index contributed by atoms with van der Waals surface area (Å²) in [5.74, 6) is 3.05. The number of methoxy groups -OCH3 is 1. The van der Waals surface area contributed by atoms with Crippen molar-refractivity contribution in [3.05, 3.63) is 106 Å². The van der Waals surface area contributed by atoms with Crippen LogP contribution in [0.25, 0.3) is 0 Å². The third-order valence-electron chi connectivity index (χ3n) is 12.2. The molecule has 5 heterocycles. The largest absolute Gasteiger partial charge is 0.494 e. The molecule has 2 saturated heterocycles. The fraction of sp³-hybridized carbons (Fsp3) is 0.348. The topological polar surface area (TPSA) is 150 Å². The number of hydrogen-bond donors (Lipinski definition) is 3. The number of amides is 2. The number of para-hydroxylation sites is 1. The molecule has 1 unspecified atom stereocenters. The van der Waals surface area contributed by atoms with E-state index in [2.05, 4.69) is 61.9 Å². The van der Waals surface area contributed by atoms with Gasteiger partial charge in [0.05, 0.1) is 30.2 Å². The van der Waals surface area contributed by atoms with Crippen LogP contribution in [0, 0.1) is 0 Å². The number of piperidine rings is 2. The Hall–Kier alpha value is -5.31. The number of rotatable bonds is 12. The monoisotopic (exact) mass is 908 g/mol. The number of fused-ring (bicyclic) bond motifs is 2. The molecule has 63 heavy (non-hydrogen) atoms. The lowest BCUT2D eigenvalue weighted by Crippen LogP contribution is -2.50. The van der Waals surface area contributed by atoms with Gasteiger partial charge in [0.2, 0.25) is 17.8 Å². The van der Waals surface area contributed by atoms with E-state index in [4.69, 9.17) is 30.2 Å². The Balaban J connectivity index is 0.836. The number of ether oxygens (including phenoxy) is 2. The average Bonchev–Trinajstić information content (AvgIpc) is 3.71. The van der Waals surface area contributed by atoms with Crippen molar-refractivity contribution >= 4 is 76.9 Å². The highest BCUT2D eigenvalue weighted by atomic mass is 35.5. The summed E-state index contributed by atoms with van der Waals surface area (Å²) in [6.07, 6.45) is 5.19. The highest BCUT2D eigenvalue weighted by Gasteiger charge is 2.37. The van der Waals surface area contributed by atoms with Gasteiger partial charge in [0.25, 0.3) is 0 Å². The SMILES string of the molecule is CCc1cc(Nc2ncc(Cl)c(Nc3ccccc3P(C)(C)=O)n2)c(OC)cc1N1CCC(N2Cc3ccc(Oc4cccc5c4CN(C4CCC(=O)NC4=O)SO5)cc3C2)CC1. The molecule has 1 aromatic heterocycles. The van der Waals surface area contributed by atoms with Crippen LogP contribution >= 0.6 is 31.0 Å². The molecule has 0 aliphatic carbocycles. The molecule has 2 fully saturated rings. The molecule has 0 saturated carbocycles. The summed E-state index contributed by atoms with van der Waals surface area (Å²) in [5.41, 5.74) is 7.24. The summed E-state index contributed by atoms with van der Waals surface area (Å²) in [4.78, 5) is 38.6. The van der Waals surface area contributed by atoms with E-state index >= 15 is 0 Å². The Morgan fingerprint density at radius 3 is 2.52 bits per heavy atom. The first kappa shape index (κ1) is 43.0. The number of anilines is 5. The first-order chi connectivity index (χ1) is 30.4. The van der Waals surface area contributed by atoms with Crippen LogP contribution < -0.4 is 39.8 Å². The van der Waals surface area contributed by atoms with E-state index in [9.17, 15) is 14.2 Å². The molecule has 4 aromatic carbocycles. The molecule has 4 aliphatic heterocycles. The standard InChI is InChI=1S/C46H50ClN8O6PS/c1-5-28-22-36(50-46-48-24-34(47)44(52-46)49-35-9-6-7-12-42(35)62(3,4)58)41(59-2)23-38(28)53-19-17-31(18-20-53)54-25-29-13-14-32(21-30(29)26-54)60-39-10-8-11-40-33(39)27-55(63-61-40)37-15-16-43(56)51-45(37)57/h6-14,21-24,31,37H,5,15-20,25-27H2,1-4H3,(H,51,56,57)(H2,48,49,50,52). The first-order valence-corrected chi connectivity index (χ1v) is 24.9. The summed E-state index contributed by atoms with van der Waals surface area (Å²) in [6.45, 7) is 9.69. The summed E-state index contributed by atoms with van der Waals surface area (Å²) >= 11 is 7.68. The van der Waals surface area contributed by atoms with E-state index in [0.29, 0.717) is 65.2 Å². The third-order valence-corrected chi connectivity index (χ3v) is 14.8. The quantitative estimate of drug-likeness (QED) is 0.0474. The summed E-state index contributed by atoms with van der Waals surface area (Å²) in [7, 11) is -0.894. The van der Waals surface area contributed by atoms with Crippen LogP contribution in [0.2, 0.25) is 5.02 Å². The van der Waals surface area contributed by atoms with Crippen LogP contribution in [0.5, 0.6) is 23.0 Å². The Morgan fingerprint density at radius 2 is 1.75 bits per heavy atom. The molecule has 2 amide bonds. The molecular weight excluding hydrogens is 859 g/mol. The number of aromatic nitrogens is 2. The van der Waals surface area contributed by atoms with E-state index in [1.807, 2.05) is 52.8 Å². The third kappa shape index (κ3) is 9.21. The second-order valence-electron chi connectivity index (χ2n) is 16.6. The molecular formula is C46H50ClN8O6PS. The van der Waals surface area contributed by atoms with Gasteiger partial charge in [-0.25, -0.2) is 4.98 Å². The predicted molar refractivity (Wildman–Crippen MR) is 249 cm³/mol. The van der Waals surface area contributed by atoms with Crippen molar-refractivity contribution < 1.29 is 27.8 Å². The maximum Gasteiger partial charge on any atom is 0.244 e. The Labute approximate surface area is 376 Å². The number of hydrogen-bond acceptors (Lipinski definition) is 14. The molecule has 0 bridgehead atoms. The van der Waals surface area contributed by atoms with Gasteiger partial charge in [-0.3, -0.25) is 19.8 Å². The molecule has 5 aromatic rings. The van der Waals surface area contributed by atoms with E-state index in [1.54, 1.807) is 26.6 Å². The first-order valence-electron chi connectivity index (χ1n) is 21.2. The van der Waals surface area contributed by atoms with Crippen LogP contribution in [0.15, 0.2) is 79.0 Å². The molecule has 0 spiro atoms. The van der Waals surface area contributed by atoms with Crippen molar-refractivity contribution in [3.63, 3.8) is 0 Å². The number of carbonyl (C=O) groups is 2. The normalized spacial score (nSPS) is 18.3. The lowest BCUT2D eigenvalue weighted by Gasteiger charge is -2.38. The summed E-state index contributed by atoms with van der Waals surface area (Å²) < 4.78 is 33.3. The molecule has 3 N–H and O–H groups in total. The van der Waals surface area contributed by atoms with E-state index in [-0.39, 0.29) is 11.8 Å². The minimum Gasteiger partial charge on any atom is -0.494 e. The van der Waals surface area contributed by atoms with Gasteiger partial charge in [0, 0.05) is 62.2 Å². The Bertz CT molecular complexity index is 2620. The average molecular weight is 909 g/mol. The molecule has 9 rings (SSSR count). The fourth-order valence-electron chi connectivity index (χ4n) is 8.85. The fourth-order valence-corrected chi connectivity index (χ4v) is 11.0.